The Morgan fingerprint density at radius 2 is 1.42 bits per heavy atom. The first kappa shape index (κ1) is 26.3. The molecule has 0 amide bonds. The van der Waals surface area contributed by atoms with E-state index in [1.54, 1.807) is 6.08 Å². The minimum atomic E-state index is -6.79. The smallest absolute Gasteiger partial charge is 0.462 e. The third-order valence-corrected chi connectivity index (χ3v) is 11.4. The van der Waals surface area contributed by atoms with Crippen molar-refractivity contribution in [3.8, 4) is 0 Å². The maximum atomic E-state index is 13.2. The summed E-state index contributed by atoms with van der Waals surface area (Å²) in [6.45, 7) is 0. The van der Waals surface area contributed by atoms with Crippen molar-refractivity contribution in [1.29, 1.82) is 0 Å². The SMILES string of the molecule is O=C(OC(CC(S(=O)(=O)C(F)(F)F)S(=O)(=O)C(F)(F)F)C1CCCCC1)C1CC2C=CC1C2. The molecule has 4 unspecified atom stereocenters. The van der Waals surface area contributed by atoms with Gasteiger partial charge in [-0.25, -0.2) is 16.8 Å². The van der Waals surface area contributed by atoms with E-state index in [1.807, 2.05) is 6.08 Å². The van der Waals surface area contributed by atoms with Crippen molar-refractivity contribution in [2.24, 2.45) is 23.7 Å². The standard InChI is InChI=1S/C19H24F6O6S2/c20-18(21,22)32(27,28)16(33(29,30)19(23,24)25)10-15(12-4-2-1-3-5-12)31-17(26)14-9-11-6-7-13(14)8-11/h6-7,11-16H,1-5,8-10H2. The molecule has 0 heterocycles. The van der Waals surface area contributed by atoms with E-state index in [2.05, 4.69) is 0 Å². The first-order valence-electron chi connectivity index (χ1n) is 10.5. The van der Waals surface area contributed by atoms with Gasteiger partial charge in [-0.15, -0.1) is 0 Å². The summed E-state index contributed by atoms with van der Waals surface area (Å²) < 4.78 is 128. The van der Waals surface area contributed by atoms with Crippen molar-refractivity contribution < 1.29 is 52.7 Å². The van der Waals surface area contributed by atoms with Gasteiger partial charge >= 0.3 is 17.0 Å². The van der Waals surface area contributed by atoms with E-state index in [4.69, 9.17) is 4.74 Å². The van der Waals surface area contributed by atoms with Gasteiger partial charge in [0.05, 0.1) is 5.92 Å². The molecule has 0 aromatic heterocycles. The van der Waals surface area contributed by atoms with E-state index >= 15 is 0 Å². The van der Waals surface area contributed by atoms with Gasteiger partial charge in [0.15, 0.2) is 4.58 Å². The summed E-state index contributed by atoms with van der Waals surface area (Å²) in [4.78, 5) is 12.8. The fourth-order valence-electron chi connectivity index (χ4n) is 5.04. The van der Waals surface area contributed by atoms with Crippen LogP contribution in [-0.4, -0.2) is 44.5 Å². The molecule has 0 saturated heterocycles. The number of ether oxygens (including phenoxy) is 1. The molecule has 2 bridgehead atoms. The number of halogens is 6. The zero-order chi connectivity index (χ0) is 24.8. The minimum Gasteiger partial charge on any atom is -0.462 e. The average Bonchev–Trinajstić information content (AvgIpc) is 3.33. The van der Waals surface area contributed by atoms with Crippen LogP contribution in [0.1, 0.15) is 51.4 Å². The number of carbonyl (C=O) groups excluding carboxylic acids is 1. The fourth-order valence-corrected chi connectivity index (χ4v) is 8.51. The molecule has 0 spiro atoms. The van der Waals surface area contributed by atoms with E-state index in [1.165, 1.54) is 0 Å². The average molecular weight is 527 g/mol. The summed E-state index contributed by atoms with van der Waals surface area (Å²) in [5.74, 6) is -2.31. The first-order valence-corrected chi connectivity index (χ1v) is 13.6. The lowest BCUT2D eigenvalue weighted by molar-refractivity contribution is -0.158. The Hall–Kier alpha value is -1.31. The molecule has 4 atom stereocenters. The van der Waals surface area contributed by atoms with Crippen molar-refractivity contribution in [2.45, 2.75) is 73.1 Å². The number of alkyl halides is 6. The highest BCUT2D eigenvalue weighted by atomic mass is 32.3. The van der Waals surface area contributed by atoms with Gasteiger partial charge in [0, 0.05) is 6.42 Å². The van der Waals surface area contributed by atoms with Crippen LogP contribution in [-0.2, 0) is 29.2 Å². The molecule has 2 fully saturated rings. The predicted molar refractivity (Wildman–Crippen MR) is 104 cm³/mol. The summed E-state index contributed by atoms with van der Waals surface area (Å²) >= 11 is 0. The molecule has 0 aromatic carbocycles. The highest BCUT2D eigenvalue weighted by molar-refractivity contribution is 8.09. The van der Waals surface area contributed by atoms with Crippen LogP contribution >= 0.6 is 0 Å². The Kier molecular flexibility index (Phi) is 7.21. The first-order chi connectivity index (χ1) is 15.1. The van der Waals surface area contributed by atoms with E-state index in [-0.39, 0.29) is 24.7 Å². The van der Waals surface area contributed by atoms with Crippen molar-refractivity contribution in [3.05, 3.63) is 12.2 Å². The molecule has 3 aliphatic carbocycles. The molecule has 0 aromatic rings. The van der Waals surface area contributed by atoms with Crippen LogP contribution in [0.4, 0.5) is 26.3 Å². The van der Waals surface area contributed by atoms with Crippen molar-refractivity contribution in [3.63, 3.8) is 0 Å². The lowest BCUT2D eigenvalue weighted by atomic mass is 9.84. The third-order valence-electron chi connectivity index (χ3n) is 6.79. The Morgan fingerprint density at radius 1 is 0.879 bits per heavy atom. The number of esters is 1. The number of fused-ring (bicyclic) bond motifs is 2. The van der Waals surface area contributed by atoms with Gasteiger partial charge in [0.25, 0.3) is 19.7 Å². The number of hydrogen-bond donors (Lipinski definition) is 0. The largest absolute Gasteiger partial charge is 0.498 e. The van der Waals surface area contributed by atoms with Crippen molar-refractivity contribution >= 4 is 25.6 Å². The summed E-state index contributed by atoms with van der Waals surface area (Å²) in [5, 5.41) is 0. The van der Waals surface area contributed by atoms with Crippen molar-refractivity contribution in [2.75, 3.05) is 0 Å². The Labute approximate surface area is 187 Å². The van der Waals surface area contributed by atoms with Gasteiger partial charge < -0.3 is 4.74 Å². The maximum absolute atomic E-state index is 13.2. The molecule has 6 nitrogen and oxygen atoms in total. The molecule has 3 rings (SSSR count). The molecular formula is C19H24F6O6S2. The topological polar surface area (TPSA) is 94.6 Å². The highest BCUT2D eigenvalue weighted by Gasteiger charge is 2.63. The quantitative estimate of drug-likeness (QED) is 0.279. The number of rotatable bonds is 7. The molecule has 3 aliphatic rings. The second-order valence-corrected chi connectivity index (χ2v) is 13.4. The third kappa shape index (κ3) is 5.20. The van der Waals surface area contributed by atoms with Crippen molar-refractivity contribution in [1.82, 2.24) is 0 Å². The minimum absolute atomic E-state index is 0.115. The summed E-state index contributed by atoms with van der Waals surface area (Å²) in [7, 11) is -13.6. The van der Waals surface area contributed by atoms with E-state index < -0.39 is 65.6 Å². The fraction of sp³-hybridized carbons (Fsp3) is 0.842. The predicted octanol–water partition coefficient (Wildman–Crippen LogP) is 4.28. The Morgan fingerprint density at radius 3 is 1.85 bits per heavy atom. The van der Waals surface area contributed by atoms with Crippen LogP contribution in [0.25, 0.3) is 0 Å². The molecule has 0 radical (unpaired) electrons. The second kappa shape index (κ2) is 9.04. The van der Waals surface area contributed by atoms with Crippen LogP contribution in [0.2, 0.25) is 0 Å². The summed E-state index contributed by atoms with van der Waals surface area (Å²) in [6, 6.07) is 0. The Balaban J connectivity index is 1.94. The maximum Gasteiger partial charge on any atom is 0.498 e. The van der Waals surface area contributed by atoms with Crippen LogP contribution in [0.5, 0.6) is 0 Å². The van der Waals surface area contributed by atoms with E-state index in [0.717, 1.165) is 6.42 Å². The van der Waals surface area contributed by atoms with Gasteiger partial charge in [0.2, 0.25) is 0 Å². The molecule has 0 N–H and O–H groups in total. The normalized spacial score (nSPS) is 27.8. The molecule has 2 saturated carbocycles. The van der Waals surface area contributed by atoms with Gasteiger partial charge in [-0.3, -0.25) is 4.79 Å². The number of sulfone groups is 2. The molecule has 190 valence electrons. The molecule has 0 aliphatic heterocycles. The summed E-state index contributed by atoms with van der Waals surface area (Å²) in [5.41, 5.74) is -12.5. The molecule has 14 heteroatoms. The number of hydrogen-bond acceptors (Lipinski definition) is 6. The summed E-state index contributed by atoms with van der Waals surface area (Å²) in [6.07, 6.45) is 3.78. The van der Waals surface area contributed by atoms with Crippen LogP contribution in [0.3, 0.4) is 0 Å². The lowest BCUT2D eigenvalue weighted by Gasteiger charge is -2.33. The van der Waals surface area contributed by atoms with E-state index in [9.17, 15) is 48.0 Å². The van der Waals surface area contributed by atoms with Gasteiger partial charge in [0.1, 0.15) is 6.10 Å². The second-order valence-electron chi connectivity index (χ2n) is 8.91. The number of carbonyl (C=O) groups is 1. The zero-order valence-corrected chi connectivity index (χ0v) is 18.9. The monoisotopic (exact) mass is 526 g/mol. The Bertz CT molecular complexity index is 935. The zero-order valence-electron chi connectivity index (χ0n) is 17.3. The van der Waals surface area contributed by atoms with Gasteiger partial charge in [-0.1, -0.05) is 31.4 Å². The van der Waals surface area contributed by atoms with Crippen LogP contribution < -0.4 is 0 Å². The van der Waals surface area contributed by atoms with Gasteiger partial charge in [-0.05, 0) is 43.4 Å². The highest BCUT2D eigenvalue weighted by Crippen LogP contribution is 2.45. The molecule has 33 heavy (non-hydrogen) atoms. The van der Waals surface area contributed by atoms with Crippen LogP contribution in [0, 0.1) is 23.7 Å². The van der Waals surface area contributed by atoms with Crippen LogP contribution in [0.15, 0.2) is 12.2 Å². The van der Waals surface area contributed by atoms with E-state index in [0.29, 0.717) is 25.7 Å². The number of allylic oxidation sites excluding steroid dienone is 2. The van der Waals surface area contributed by atoms with Gasteiger partial charge in [-0.2, -0.15) is 26.3 Å². The molecular weight excluding hydrogens is 502 g/mol. The lowest BCUT2D eigenvalue weighted by Crippen LogP contribution is -2.48.